The van der Waals surface area contributed by atoms with Crippen molar-refractivity contribution >= 4 is 0 Å². The second-order valence-electron chi connectivity index (χ2n) is 5.47. The highest BCUT2D eigenvalue weighted by molar-refractivity contribution is 5.45. The molecule has 0 bridgehead atoms. The zero-order valence-corrected chi connectivity index (χ0v) is 12.2. The summed E-state index contributed by atoms with van der Waals surface area (Å²) in [6.07, 6.45) is -2.79. The summed E-state index contributed by atoms with van der Waals surface area (Å²) >= 11 is 0. The Bertz CT molecular complexity index is 732. The number of benzene rings is 1. The van der Waals surface area contributed by atoms with Gasteiger partial charge in [-0.15, -0.1) is 13.2 Å². The van der Waals surface area contributed by atoms with Crippen molar-refractivity contribution < 1.29 is 27.0 Å². The van der Waals surface area contributed by atoms with Crippen LogP contribution < -0.4 is 9.47 Å². The number of ether oxygens (including phenoxy) is 2. The maximum absolute atomic E-state index is 14.0. The van der Waals surface area contributed by atoms with Crippen LogP contribution in [0.15, 0.2) is 36.5 Å². The molecule has 1 aliphatic rings. The highest BCUT2D eigenvalue weighted by Gasteiger charge is 2.38. The maximum Gasteiger partial charge on any atom is 0.573 e. The van der Waals surface area contributed by atoms with E-state index in [1.807, 2.05) is 6.92 Å². The molecule has 122 valence electrons. The summed E-state index contributed by atoms with van der Waals surface area (Å²) in [6.45, 7) is 2.28. The van der Waals surface area contributed by atoms with Crippen LogP contribution in [0.5, 0.6) is 11.5 Å². The Hall–Kier alpha value is -2.31. The molecule has 0 amide bonds. The molecule has 3 rings (SSSR count). The molecule has 0 radical (unpaired) electrons. The summed E-state index contributed by atoms with van der Waals surface area (Å²) in [5.74, 6) is -1.32. The average Bonchev–Trinajstić information content (AvgIpc) is 2.48. The van der Waals surface area contributed by atoms with E-state index >= 15 is 0 Å². The summed E-state index contributed by atoms with van der Waals surface area (Å²) in [5, 5.41) is 0. The minimum Gasteiger partial charge on any atom is -0.492 e. The van der Waals surface area contributed by atoms with Crippen molar-refractivity contribution in [3.8, 4) is 11.5 Å². The molecule has 1 aromatic heterocycles. The smallest absolute Gasteiger partial charge is 0.492 e. The van der Waals surface area contributed by atoms with E-state index in [2.05, 4.69) is 9.72 Å². The molecule has 0 unspecified atom stereocenters. The van der Waals surface area contributed by atoms with Crippen LogP contribution in [0.25, 0.3) is 0 Å². The van der Waals surface area contributed by atoms with E-state index in [0.717, 1.165) is 12.1 Å². The molecule has 2 heterocycles. The Kier molecular flexibility index (Phi) is 3.66. The van der Waals surface area contributed by atoms with Crippen LogP contribution in [0.4, 0.5) is 17.6 Å². The molecule has 23 heavy (non-hydrogen) atoms. The van der Waals surface area contributed by atoms with Crippen molar-refractivity contribution in [1.82, 2.24) is 4.98 Å². The number of fused-ring (bicyclic) bond motifs is 1. The van der Waals surface area contributed by atoms with Gasteiger partial charge >= 0.3 is 6.36 Å². The summed E-state index contributed by atoms with van der Waals surface area (Å²) in [4.78, 5) is 4.30. The van der Waals surface area contributed by atoms with Gasteiger partial charge in [0, 0.05) is 11.6 Å². The molecule has 7 heteroatoms. The lowest BCUT2D eigenvalue weighted by Crippen LogP contribution is -2.32. The number of hydrogen-bond donors (Lipinski definition) is 0. The predicted molar refractivity (Wildman–Crippen MR) is 73.9 cm³/mol. The van der Waals surface area contributed by atoms with Crippen molar-refractivity contribution in [2.45, 2.75) is 25.1 Å². The van der Waals surface area contributed by atoms with Gasteiger partial charge in [-0.2, -0.15) is 0 Å². The van der Waals surface area contributed by atoms with Crippen LogP contribution in [0.2, 0.25) is 0 Å². The van der Waals surface area contributed by atoms with Gasteiger partial charge in [-0.3, -0.25) is 4.98 Å². The lowest BCUT2D eigenvalue weighted by Gasteiger charge is -2.35. The fraction of sp³-hybridized carbons (Fsp3) is 0.312. The predicted octanol–water partition coefficient (Wildman–Crippen LogP) is 4.21. The lowest BCUT2D eigenvalue weighted by molar-refractivity contribution is -0.275. The summed E-state index contributed by atoms with van der Waals surface area (Å²) in [6, 6.07) is 6.96. The number of halogens is 4. The van der Waals surface area contributed by atoms with Crippen molar-refractivity contribution in [2.75, 3.05) is 6.61 Å². The number of rotatable bonds is 2. The van der Waals surface area contributed by atoms with Gasteiger partial charge < -0.3 is 9.47 Å². The monoisotopic (exact) mass is 327 g/mol. The largest absolute Gasteiger partial charge is 0.573 e. The van der Waals surface area contributed by atoms with Crippen LogP contribution >= 0.6 is 0 Å². The van der Waals surface area contributed by atoms with E-state index in [1.165, 1.54) is 6.07 Å². The van der Waals surface area contributed by atoms with Crippen LogP contribution in [-0.2, 0) is 5.41 Å². The molecule has 3 nitrogen and oxygen atoms in total. The SMILES string of the molecule is C[C@]1(c2ccc(OC(F)(F)F)c(F)c2)CCOc2cccnc21. The molecule has 0 spiro atoms. The van der Waals surface area contributed by atoms with E-state index in [4.69, 9.17) is 4.74 Å². The third kappa shape index (κ3) is 2.95. The minimum absolute atomic E-state index is 0.414. The molecule has 1 aromatic carbocycles. The van der Waals surface area contributed by atoms with Crippen molar-refractivity contribution in [2.24, 2.45) is 0 Å². The van der Waals surface area contributed by atoms with Crippen molar-refractivity contribution in [1.29, 1.82) is 0 Å². The van der Waals surface area contributed by atoms with Crippen molar-refractivity contribution in [3.63, 3.8) is 0 Å². The van der Waals surface area contributed by atoms with E-state index in [-0.39, 0.29) is 0 Å². The van der Waals surface area contributed by atoms with Gasteiger partial charge in [0.1, 0.15) is 5.75 Å². The Morgan fingerprint density at radius 3 is 2.74 bits per heavy atom. The zero-order chi connectivity index (χ0) is 16.7. The first-order valence-corrected chi connectivity index (χ1v) is 6.94. The minimum atomic E-state index is -4.93. The van der Waals surface area contributed by atoms with Gasteiger partial charge in [-0.05, 0) is 43.2 Å². The average molecular weight is 327 g/mol. The third-order valence-corrected chi connectivity index (χ3v) is 3.95. The van der Waals surface area contributed by atoms with E-state index in [1.54, 1.807) is 18.3 Å². The molecule has 0 saturated heterocycles. The Balaban J connectivity index is 2.01. The van der Waals surface area contributed by atoms with Gasteiger partial charge in [0.25, 0.3) is 0 Å². The zero-order valence-electron chi connectivity index (χ0n) is 12.2. The number of nitrogens with zero attached hydrogens (tertiary/aromatic N) is 1. The molecule has 2 aromatic rings. The van der Waals surface area contributed by atoms with Crippen LogP contribution in [0.1, 0.15) is 24.6 Å². The molecule has 0 aliphatic carbocycles. The van der Waals surface area contributed by atoms with Gasteiger partial charge in [0.15, 0.2) is 11.6 Å². The standard InChI is InChI=1S/C16H13F4NO2/c1-15(6-8-22-13-3-2-7-21-14(13)15)10-4-5-12(11(17)9-10)23-16(18,19)20/h2-5,7,9H,6,8H2,1H3/t15-/m1/s1. The Labute approximate surface area is 129 Å². The summed E-state index contributed by atoms with van der Waals surface area (Å²) in [7, 11) is 0. The fourth-order valence-electron chi connectivity index (χ4n) is 2.74. The normalized spacial score (nSPS) is 20.6. The highest BCUT2D eigenvalue weighted by Crippen LogP contribution is 2.43. The topological polar surface area (TPSA) is 31.4 Å². The molecular formula is C16H13F4NO2. The van der Waals surface area contributed by atoms with Gasteiger partial charge in [0.2, 0.25) is 0 Å². The molecule has 1 atom stereocenters. The van der Waals surface area contributed by atoms with Crippen molar-refractivity contribution in [3.05, 3.63) is 53.6 Å². The van der Waals surface area contributed by atoms with Crippen LogP contribution in [0.3, 0.4) is 0 Å². The Morgan fingerprint density at radius 1 is 1.26 bits per heavy atom. The quantitative estimate of drug-likeness (QED) is 0.775. The maximum atomic E-state index is 14.0. The number of pyridine rings is 1. The van der Waals surface area contributed by atoms with E-state index in [0.29, 0.717) is 30.0 Å². The summed E-state index contributed by atoms with van der Waals surface area (Å²) in [5.41, 5.74) is 0.509. The first kappa shape index (κ1) is 15.6. The second-order valence-corrected chi connectivity index (χ2v) is 5.47. The third-order valence-electron chi connectivity index (χ3n) is 3.95. The fourth-order valence-corrected chi connectivity index (χ4v) is 2.74. The van der Waals surface area contributed by atoms with E-state index < -0.39 is 23.3 Å². The molecular weight excluding hydrogens is 314 g/mol. The molecule has 0 saturated carbocycles. The number of alkyl halides is 3. The van der Waals surface area contributed by atoms with Gasteiger partial charge in [0.05, 0.1) is 12.3 Å². The van der Waals surface area contributed by atoms with Gasteiger partial charge in [-0.1, -0.05) is 6.07 Å². The second kappa shape index (κ2) is 5.40. The molecule has 0 fully saturated rings. The first-order valence-electron chi connectivity index (χ1n) is 6.94. The van der Waals surface area contributed by atoms with E-state index in [9.17, 15) is 17.6 Å². The summed E-state index contributed by atoms with van der Waals surface area (Å²) < 4.78 is 59.9. The Morgan fingerprint density at radius 2 is 2.04 bits per heavy atom. The molecule has 0 N–H and O–H groups in total. The van der Waals surface area contributed by atoms with Gasteiger partial charge in [-0.25, -0.2) is 4.39 Å². The number of hydrogen-bond acceptors (Lipinski definition) is 3. The van der Waals surface area contributed by atoms with Crippen LogP contribution in [-0.4, -0.2) is 18.0 Å². The first-order chi connectivity index (χ1) is 10.8. The molecule has 1 aliphatic heterocycles. The van der Waals surface area contributed by atoms with Crippen LogP contribution in [0, 0.1) is 5.82 Å². The lowest BCUT2D eigenvalue weighted by atomic mass is 9.75. The number of aromatic nitrogens is 1. The highest BCUT2D eigenvalue weighted by atomic mass is 19.4.